The normalized spacial score (nSPS) is 13.6. The molecule has 19 heavy (non-hydrogen) atoms. The number of rotatable bonds is 6. The number of nitrogens with one attached hydrogen (secondary N) is 2. The minimum atomic E-state index is 0.122. The maximum absolute atomic E-state index is 11.5. The summed E-state index contributed by atoms with van der Waals surface area (Å²) in [7, 11) is 0. The average Bonchev–Trinajstić information content (AvgIpc) is 2.81. The van der Waals surface area contributed by atoms with Crippen molar-refractivity contribution in [1.82, 2.24) is 10.6 Å². The number of carbonyl (C=O) groups excluding carboxylic acids is 1. The van der Waals surface area contributed by atoms with Gasteiger partial charge in [0.2, 0.25) is 5.91 Å². The van der Waals surface area contributed by atoms with Crippen LogP contribution in [-0.4, -0.2) is 18.5 Å². The van der Waals surface area contributed by atoms with E-state index >= 15 is 0 Å². The van der Waals surface area contributed by atoms with Gasteiger partial charge in [-0.25, -0.2) is 0 Å². The summed E-state index contributed by atoms with van der Waals surface area (Å²) in [6.07, 6.45) is 4.29. The highest BCUT2D eigenvalue weighted by Crippen LogP contribution is 2.22. The second kappa shape index (κ2) is 6.71. The summed E-state index contributed by atoms with van der Waals surface area (Å²) in [4.78, 5) is 11.5. The van der Waals surface area contributed by atoms with Crippen molar-refractivity contribution in [1.29, 1.82) is 0 Å². The molecule has 0 bridgehead atoms. The third-order valence-electron chi connectivity index (χ3n) is 3.47. The van der Waals surface area contributed by atoms with E-state index in [1.807, 2.05) is 13.8 Å². The summed E-state index contributed by atoms with van der Waals surface area (Å²) in [6, 6.07) is 6.99. The smallest absolute Gasteiger partial charge is 0.221 e. The fourth-order valence-corrected chi connectivity index (χ4v) is 2.56. The van der Waals surface area contributed by atoms with Crippen LogP contribution in [-0.2, 0) is 24.2 Å². The Morgan fingerprint density at radius 3 is 2.84 bits per heavy atom. The molecule has 0 radical (unpaired) electrons. The standard InChI is InChI=1S/C16H24N2O/c1-12(2)18-16(19)8-9-17-11-13-6-7-14-4-3-5-15(14)10-13/h6-7,10,12,17H,3-5,8-9,11H2,1-2H3,(H,18,19). The van der Waals surface area contributed by atoms with Crippen molar-refractivity contribution in [2.45, 2.75) is 52.1 Å². The molecule has 1 aromatic rings. The average molecular weight is 260 g/mol. The summed E-state index contributed by atoms with van der Waals surface area (Å²) in [6.45, 7) is 5.55. The quantitative estimate of drug-likeness (QED) is 0.770. The Morgan fingerprint density at radius 1 is 1.26 bits per heavy atom. The number of benzene rings is 1. The summed E-state index contributed by atoms with van der Waals surface area (Å²) in [5.41, 5.74) is 4.35. The number of hydrogen-bond donors (Lipinski definition) is 2. The molecule has 2 rings (SSSR count). The van der Waals surface area contributed by atoms with Crippen LogP contribution in [0.25, 0.3) is 0 Å². The van der Waals surface area contributed by atoms with E-state index in [1.165, 1.54) is 36.0 Å². The topological polar surface area (TPSA) is 41.1 Å². The molecule has 3 nitrogen and oxygen atoms in total. The predicted molar refractivity (Wildman–Crippen MR) is 78.1 cm³/mol. The van der Waals surface area contributed by atoms with Gasteiger partial charge in [-0.2, -0.15) is 0 Å². The van der Waals surface area contributed by atoms with Gasteiger partial charge in [0, 0.05) is 25.6 Å². The van der Waals surface area contributed by atoms with E-state index < -0.39 is 0 Å². The zero-order chi connectivity index (χ0) is 13.7. The fraction of sp³-hybridized carbons (Fsp3) is 0.562. The summed E-state index contributed by atoms with van der Waals surface area (Å²) in [5, 5.41) is 6.23. The van der Waals surface area contributed by atoms with Crippen LogP contribution in [0.2, 0.25) is 0 Å². The third kappa shape index (κ3) is 4.35. The first kappa shape index (κ1) is 14.1. The number of amides is 1. The molecule has 1 amide bonds. The van der Waals surface area contributed by atoms with Crippen LogP contribution in [0, 0.1) is 0 Å². The predicted octanol–water partition coefficient (Wildman–Crippen LogP) is 2.18. The van der Waals surface area contributed by atoms with Gasteiger partial charge < -0.3 is 10.6 Å². The van der Waals surface area contributed by atoms with Crippen molar-refractivity contribution >= 4 is 5.91 Å². The Hall–Kier alpha value is -1.35. The maximum Gasteiger partial charge on any atom is 0.221 e. The van der Waals surface area contributed by atoms with Gasteiger partial charge in [-0.1, -0.05) is 18.2 Å². The largest absolute Gasteiger partial charge is 0.354 e. The number of fused-ring (bicyclic) bond motifs is 1. The lowest BCUT2D eigenvalue weighted by Crippen LogP contribution is -2.32. The van der Waals surface area contributed by atoms with Crippen LogP contribution in [0.3, 0.4) is 0 Å². The summed E-state index contributed by atoms with van der Waals surface area (Å²) < 4.78 is 0. The van der Waals surface area contributed by atoms with Crippen molar-refractivity contribution in [2.75, 3.05) is 6.54 Å². The van der Waals surface area contributed by atoms with Gasteiger partial charge >= 0.3 is 0 Å². The summed E-state index contributed by atoms with van der Waals surface area (Å²) >= 11 is 0. The van der Waals surface area contributed by atoms with Crippen LogP contribution in [0.15, 0.2) is 18.2 Å². The molecule has 0 saturated heterocycles. The number of hydrogen-bond acceptors (Lipinski definition) is 2. The molecule has 0 fully saturated rings. The molecule has 0 unspecified atom stereocenters. The van der Waals surface area contributed by atoms with Crippen LogP contribution in [0.1, 0.15) is 43.4 Å². The van der Waals surface area contributed by atoms with Gasteiger partial charge in [0.25, 0.3) is 0 Å². The molecule has 1 aliphatic carbocycles. The van der Waals surface area contributed by atoms with E-state index in [0.717, 1.165) is 13.1 Å². The van der Waals surface area contributed by atoms with E-state index in [4.69, 9.17) is 0 Å². The Bertz CT molecular complexity index is 440. The highest BCUT2D eigenvalue weighted by molar-refractivity contribution is 5.76. The first-order valence-corrected chi connectivity index (χ1v) is 7.26. The van der Waals surface area contributed by atoms with Gasteiger partial charge in [0.05, 0.1) is 0 Å². The first-order chi connectivity index (χ1) is 9.15. The highest BCUT2D eigenvalue weighted by atomic mass is 16.1. The molecular formula is C16H24N2O. The van der Waals surface area contributed by atoms with E-state index in [-0.39, 0.29) is 11.9 Å². The molecule has 1 aliphatic rings. The third-order valence-corrected chi connectivity index (χ3v) is 3.47. The first-order valence-electron chi connectivity index (χ1n) is 7.26. The van der Waals surface area contributed by atoms with E-state index in [9.17, 15) is 4.79 Å². The van der Waals surface area contributed by atoms with Gasteiger partial charge in [-0.3, -0.25) is 4.79 Å². The molecule has 0 spiro atoms. The van der Waals surface area contributed by atoms with Crippen LogP contribution in [0.5, 0.6) is 0 Å². The zero-order valence-electron chi connectivity index (χ0n) is 12.0. The van der Waals surface area contributed by atoms with E-state index in [2.05, 4.69) is 28.8 Å². The van der Waals surface area contributed by atoms with Crippen molar-refractivity contribution < 1.29 is 4.79 Å². The minimum absolute atomic E-state index is 0.122. The molecule has 0 atom stereocenters. The van der Waals surface area contributed by atoms with Gasteiger partial charge in [-0.15, -0.1) is 0 Å². The number of aryl methyl sites for hydroxylation is 2. The SMILES string of the molecule is CC(C)NC(=O)CCNCc1ccc2c(c1)CCC2. The molecule has 0 saturated carbocycles. The molecule has 2 N–H and O–H groups in total. The molecular weight excluding hydrogens is 236 g/mol. The van der Waals surface area contributed by atoms with Crippen molar-refractivity contribution in [3.63, 3.8) is 0 Å². The Kier molecular flexibility index (Phi) is 4.97. The lowest BCUT2D eigenvalue weighted by Gasteiger charge is -2.09. The van der Waals surface area contributed by atoms with Crippen molar-refractivity contribution in [3.05, 3.63) is 34.9 Å². The van der Waals surface area contributed by atoms with Crippen molar-refractivity contribution in [2.24, 2.45) is 0 Å². The Balaban J connectivity index is 1.70. The molecule has 3 heteroatoms. The Labute approximate surface area is 115 Å². The van der Waals surface area contributed by atoms with Crippen LogP contribution >= 0.6 is 0 Å². The van der Waals surface area contributed by atoms with E-state index in [1.54, 1.807) is 0 Å². The van der Waals surface area contributed by atoms with Gasteiger partial charge in [-0.05, 0) is 49.8 Å². The van der Waals surface area contributed by atoms with Gasteiger partial charge in [0.1, 0.15) is 0 Å². The monoisotopic (exact) mass is 260 g/mol. The van der Waals surface area contributed by atoms with Crippen LogP contribution in [0.4, 0.5) is 0 Å². The number of carbonyl (C=O) groups is 1. The second-order valence-corrected chi connectivity index (χ2v) is 5.61. The van der Waals surface area contributed by atoms with Crippen LogP contribution < -0.4 is 10.6 Å². The van der Waals surface area contributed by atoms with E-state index in [0.29, 0.717) is 6.42 Å². The minimum Gasteiger partial charge on any atom is -0.354 e. The van der Waals surface area contributed by atoms with Gasteiger partial charge in [0.15, 0.2) is 0 Å². The second-order valence-electron chi connectivity index (χ2n) is 5.61. The molecule has 0 aromatic heterocycles. The lowest BCUT2D eigenvalue weighted by atomic mass is 10.1. The fourth-order valence-electron chi connectivity index (χ4n) is 2.56. The molecule has 1 aromatic carbocycles. The Morgan fingerprint density at radius 2 is 2.05 bits per heavy atom. The molecule has 0 aliphatic heterocycles. The lowest BCUT2D eigenvalue weighted by molar-refractivity contribution is -0.121. The molecule has 104 valence electrons. The molecule has 0 heterocycles. The maximum atomic E-state index is 11.5. The van der Waals surface area contributed by atoms with Crippen molar-refractivity contribution in [3.8, 4) is 0 Å². The highest BCUT2D eigenvalue weighted by Gasteiger charge is 2.10. The zero-order valence-corrected chi connectivity index (χ0v) is 12.0. The summed E-state index contributed by atoms with van der Waals surface area (Å²) in [5.74, 6) is 0.122.